The molecule has 2 N–H and O–H groups in total. The monoisotopic (exact) mass is 424 g/mol. The lowest BCUT2D eigenvalue weighted by atomic mass is 9.98. The minimum absolute atomic E-state index is 0.0921. The third-order valence-corrected chi connectivity index (χ3v) is 5.47. The molecule has 2 aromatic carbocycles. The molecule has 0 unspecified atom stereocenters. The maximum Gasteiger partial charge on any atom is 0.323 e. The zero-order valence-corrected chi connectivity index (χ0v) is 17.8. The van der Waals surface area contributed by atoms with Crippen LogP contribution in [0.1, 0.15) is 43.0 Å². The van der Waals surface area contributed by atoms with Crippen molar-refractivity contribution in [2.24, 2.45) is 5.92 Å². The molecule has 0 saturated carbocycles. The van der Waals surface area contributed by atoms with Crippen LogP contribution in [0.15, 0.2) is 36.4 Å². The first-order chi connectivity index (χ1) is 14.9. The summed E-state index contributed by atoms with van der Waals surface area (Å²) in [6, 6.07) is 9.65. The van der Waals surface area contributed by atoms with Crippen molar-refractivity contribution in [2.45, 2.75) is 40.0 Å². The summed E-state index contributed by atoms with van der Waals surface area (Å²) in [7, 11) is 0. The molecular weight excluding hydrogens is 399 g/mol. The summed E-state index contributed by atoms with van der Waals surface area (Å²) in [4.78, 5) is 24.7. The minimum Gasteiger partial charge on any atom is -0.487 e. The van der Waals surface area contributed by atoms with Crippen molar-refractivity contribution in [3.05, 3.63) is 64.5 Å². The molecule has 0 saturated heterocycles. The number of esters is 1. The smallest absolute Gasteiger partial charge is 0.323 e. The Kier molecular flexibility index (Phi) is 5.78. The number of carbonyl (C=O) groups is 2. The number of fused-ring (bicyclic) bond motifs is 2. The number of hydrogen-bond acceptors (Lipinski definition) is 5. The van der Waals surface area contributed by atoms with E-state index in [0.29, 0.717) is 42.3 Å². The molecule has 0 aromatic heterocycles. The average molecular weight is 424 g/mol. The Labute approximate surface area is 180 Å². The van der Waals surface area contributed by atoms with Gasteiger partial charge in [0, 0.05) is 28.9 Å². The predicted molar refractivity (Wildman–Crippen MR) is 115 cm³/mol. The largest absolute Gasteiger partial charge is 0.487 e. The number of benzene rings is 2. The number of carbonyl (C=O) groups excluding carboxylic acids is 2. The summed E-state index contributed by atoms with van der Waals surface area (Å²) in [5, 5.41) is 6.03. The van der Waals surface area contributed by atoms with Crippen molar-refractivity contribution in [1.29, 1.82) is 0 Å². The fraction of sp³-hybridized carbons (Fsp3) is 0.333. The van der Waals surface area contributed by atoms with Gasteiger partial charge in [-0.3, -0.25) is 9.59 Å². The van der Waals surface area contributed by atoms with Crippen LogP contribution in [0.2, 0.25) is 0 Å². The van der Waals surface area contributed by atoms with Crippen molar-refractivity contribution in [3.8, 4) is 0 Å². The average Bonchev–Trinajstić information content (AvgIpc) is 3.27. The second-order valence-electron chi connectivity index (χ2n) is 7.98. The van der Waals surface area contributed by atoms with Gasteiger partial charge < -0.3 is 20.1 Å². The number of rotatable bonds is 6. The molecule has 2 aliphatic heterocycles. The van der Waals surface area contributed by atoms with Crippen LogP contribution in [0.5, 0.6) is 0 Å². The van der Waals surface area contributed by atoms with Gasteiger partial charge in [-0.2, -0.15) is 0 Å². The highest BCUT2D eigenvalue weighted by Crippen LogP contribution is 2.41. The lowest BCUT2D eigenvalue weighted by molar-refractivity contribution is -0.146. The Balaban J connectivity index is 1.58. The molecule has 0 fully saturated rings. The van der Waals surface area contributed by atoms with Gasteiger partial charge in [0.05, 0.1) is 12.2 Å². The van der Waals surface area contributed by atoms with Crippen LogP contribution in [-0.4, -0.2) is 24.5 Å². The van der Waals surface area contributed by atoms with Gasteiger partial charge in [-0.15, -0.1) is 0 Å². The van der Waals surface area contributed by atoms with Gasteiger partial charge in [0.15, 0.2) is 0 Å². The molecule has 1 atom stereocenters. The third kappa shape index (κ3) is 4.05. The number of anilines is 1. The summed E-state index contributed by atoms with van der Waals surface area (Å²) < 4.78 is 24.8. The van der Waals surface area contributed by atoms with E-state index in [4.69, 9.17) is 9.47 Å². The van der Waals surface area contributed by atoms with Crippen molar-refractivity contribution in [3.63, 3.8) is 0 Å². The van der Waals surface area contributed by atoms with E-state index >= 15 is 0 Å². The van der Waals surface area contributed by atoms with Crippen LogP contribution in [0.25, 0.3) is 11.3 Å². The Hall–Kier alpha value is -3.19. The minimum atomic E-state index is -0.408. The van der Waals surface area contributed by atoms with Crippen LogP contribution < -0.4 is 10.6 Å². The highest BCUT2D eigenvalue weighted by Gasteiger charge is 2.33. The molecule has 2 heterocycles. The van der Waals surface area contributed by atoms with E-state index in [9.17, 15) is 14.0 Å². The predicted octanol–water partition coefficient (Wildman–Crippen LogP) is 3.85. The van der Waals surface area contributed by atoms with Crippen LogP contribution in [0.3, 0.4) is 0 Å². The zero-order valence-electron chi connectivity index (χ0n) is 17.8. The Morgan fingerprint density at radius 3 is 2.77 bits per heavy atom. The van der Waals surface area contributed by atoms with Gasteiger partial charge in [-0.05, 0) is 36.6 Å². The van der Waals surface area contributed by atoms with Crippen molar-refractivity contribution in [1.82, 2.24) is 5.32 Å². The van der Waals surface area contributed by atoms with E-state index in [1.807, 2.05) is 32.0 Å². The fourth-order valence-corrected chi connectivity index (χ4v) is 3.95. The van der Waals surface area contributed by atoms with E-state index in [-0.39, 0.29) is 17.8 Å². The zero-order chi connectivity index (χ0) is 22.1. The summed E-state index contributed by atoms with van der Waals surface area (Å²) in [5.41, 5.74) is 4.18. The SMILES string of the molecule is CCOC(=O)[C@@H](NCc1ccc2c(c1)COC2=C1C(=O)Nc2ccc(F)cc21)C(C)C. The molecule has 162 valence electrons. The number of halogens is 1. The molecule has 0 aliphatic carbocycles. The van der Waals surface area contributed by atoms with Gasteiger partial charge >= 0.3 is 5.97 Å². The number of ether oxygens (including phenoxy) is 2. The molecule has 0 bridgehead atoms. The molecule has 4 rings (SSSR count). The molecule has 7 heteroatoms. The molecule has 2 aromatic rings. The molecular formula is C24H25FN2O4. The lowest BCUT2D eigenvalue weighted by Crippen LogP contribution is -2.41. The first-order valence-electron chi connectivity index (χ1n) is 10.4. The first-order valence-corrected chi connectivity index (χ1v) is 10.4. The molecule has 0 spiro atoms. The van der Waals surface area contributed by atoms with Crippen molar-refractivity contribution < 1.29 is 23.5 Å². The summed E-state index contributed by atoms with van der Waals surface area (Å²) in [6.45, 7) is 6.89. The van der Waals surface area contributed by atoms with Gasteiger partial charge in [0.1, 0.15) is 24.2 Å². The topological polar surface area (TPSA) is 76.7 Å². The normalized spacial score (nSPS) is 17.8. The van der Waals surface area contributed by atoms with Gasteiger partial charge in [0.2, 0.25) is 0 Å². The standard InChI is InChI=1S/C24H25FN2O4/c1-4-30-24(29)21(13(2)3)26-11-14-5-7-17-15(9-14)12-31-22(17)20-18-10-16(25)6-8-19(18)27-23(20)28/h5-10,13,21,26H,4,11-12H2,1-3H3,(H,27,28)/t21-/m0/s1. The van der Waals surface area contributed by atoms with Crippen LogP contribution >= 0.6 is 0 Å². The van der Waals surface area contributed by atoms with E-state index < -0.39 is 11.9 Å². The van der Waals surface area contributed by atoms with E-state index in [1.54, 1.807) is 13.0 Å². The second kappa shape index (κ2) is 8.51. The van der Waals surface area contributed by atoms with Gasteiger partial charge in [-0.25, -0.2) is 4.39 Å². The molecule has 6 nitrogen and oxygen atoms in total. The van der Waals surface area contributed by atoms with Gasteiger partial charge in [-0.1, -0.05) is 32.0 Å². The van der Waals surface area contributed by atoms with Crippen molar-refractivity contribution in [2.75, 3.05) is 11.9 Å². The molecule has 0 radical (unpaired) electrons. The first kappa shape index (κ1) is 21.1. The van der Waals surface area contributed by atoms with Crippen molar-refractivity contribution >= 4 is 28.9 Å². The highest BCUT2D eigenvalue weighted by atomic mass is 19.1. The Morgan fingerprint density at radius 1 is 1.23 bits per heavy atom. The Bertz CT molecular complexity index is 1080. The van der Waals surface area contributed by atoms with E-state index in [1.165, 1.54) is 12.1 Å². The summed E-state index contributed by atoms with van der Waals surface area (Å²) in [5.74, 6) is -0.415. The van der Waals surface area contributed by atoms with Crippen LogP contribution in [0, 0.1) is 11.7 Å². The fourth-order valence-electron chi connectivity index (χ4n) is 3.95. The third-order valence-electron chi connectivity index (χ3n) is 5.47. The van der Waals surface area contributed by atoms with E-state index in [2.05, 4.69) is 10.6 Å². The number of amides is 1. The maximum atomic E-state index is 13.8. The quantitative estimate of drug-likeness (QED) is 0.544. The molecule has 31 heavy (non-hydrogen) atoms. The Morgan fingerprint density at radius 2 is 2.03 bits per heavy atom. The summed E-state index contributed by atoms with van der Waals surface area (Å²) in [6.07, 6.45) is 0. The second-order valence-corrected chi connectivity index (χ2v) is 7.98. The van der Waals surface area contributed by atoms with Gasteiger partial charge in [0.25, 0.3) is 5.91 Å². The van der Waals surface area contributed by atoms with E-state index in [0.717, 1.165) is 16.7 Å². The molecule has 2 aliphatic rings. The van der Waals surface area contributed by atoms with Crippen LogP contribution in [-0.2, 0) is 32.2 Å². The highest BCUT2D eigenvalue weighted by molar-refractivity contribution is 6.36. The lowest BCUT2D eigenvalue weighted by Gasteiger charge is -2.20. The number of hydrogen-bond donors (Lipinski definition) is 2. The molecule has 1 amide bonds. The summed E-state index contributed by atoms with van der Waals surface area (Å²) >= 11 is 0. The maximum absolute atomic E-state index is 13.8. The van der Waals surface area contributed by atoms with Crippen LogP contribution in [0.4, 0.5) is 10.1 Å². The number of nitrogens with one attached hydrogen (secondary N) is 2.